The Morgan fingerprint density at radius 3 is 1.83 bits per heavy atom. The molecule has 1 heteroatoms. The van der Waals surface area contributed by atoms with Gasteiger partial charge in [0.2, 0.25) is 0 Å². The minimum absolute atomic E-state index is 0.156. The van der Waals surface area contributed by atoms with E-state index in [0.717, 1.165) is 5.75 Å². The molecule has 0 aliphatic heterocycles. The van der Waals surface area contributed by atoms with Gasteiger partial charge in [-0.15, -0.1) is 0 Å². The molecule has 0 aliphatic rings. The van der Waals surface area contributed by atoms with Gasteiger partial charge in [0.15, 0.2) is 0 Å². The van der Waals surface area contributed by atoms with Crippen LogP contribution in [0.25, 0.3) is 0 Å². The van der Waals surface area contributed by atoms with Crippen LogP contribution in [0.1, 0.15) is 13.8 Å². The summed E-state index contributed by atoms with van der Waals surface area (Å²) in [7, 11) is 0. The van der Waals surface area contributed by atoms with E-state index in [9.17, 15) is 0 Å². The molecule has 0 N–H and O–H groups in total. The molecule has 0 unspecified atom stereocenters. The summed E-state index contributed by atoms with van der Waals surface area (Å²) in [6.07, 6.45) is 0. The fourth-order valence-electron chi connectivity index (χ4n) is 0. The van der Waals surface area contributed by atoms with Crippen LogP contribution in [-0.2, 0) is 0 Å². The van der Waals surface area contributed by atoms with Crippen molar-refractivity contribution in [3.63, 3.8) is 0 Å². The Kier molecular flexibility index (Phi) is 1.98. The van der Waals surface area contributed by atoms with Gasteiger partial charge >= 0.3 is 0 Å². The fourth-order valence-corrected chi connectivity index (χ4v) is 0. The van der Waals surface area contributed by atoms with E-state index in [1.807, 2.05) is 0 Å². The van der Waals surface area contributed by atoms with Gasteiger partial charge in [-0.1, -0.05) is 13.8 Å². The second-order valence-corrected chi connectivity index (χ2v) is 2.64. The first-order valence-corrected chi connectivity index (χ1v) is 2.66. The molecule has 37 valence electrons. The van der Waals surface area contributed by atoms with Crippen LogP contribution >= 0.6 is 12.6 Å². The minimum Gasteiger partial charge on any atom is -0.179 e. The van der Waals surface area contributed by atoms with Gasteiger partial charge in [0.05, 0.1) is 0 Å². The molecule has 0 amide bonds. The van der Waals surface area contributed by atoms with Gasteiger partial charge in [0, 0.05) is 0 Å². The van der Waals surface area contributed by atoms with Crippen LogP contribution in [0, 0.1) is 12.3 Å². The molecule has 0 aromatic rings. The molecule has 0 saturated heterocycles. The van der Waals surface area contributed by atoms with Crippen molar-refractivity contribution < 1.29 is 0 Å². The summed E-state index contributed by atoms with van der Waals surface area (Å²) in [5.74, 6) is 0.854. The van der Waals surface area contributed by atoms with Gasteiger partial charge in [0.1, 0.15) is 0 Å². The molecule has 0 heterocycles. The van der Waals surface area contributed by atoms with Crippen LogP contribution in [0.4, 0.5) is 0 Å². The molecule has 0 rings (SSSR count). The Morgan fingerprint density at radius 2 is 1.83 bits per heavy atom. The van der Waals surface area contributed by atoms with Crippen LogP contribution in [-0.4, -0.2) is 5.75 Å². The highest BCUT2D eigenvalue weighted by Crippen LogP contribution is 2.12. The Labute approximate surface area is 45.4 Å². The van der Waals surface area contributed by atoms with Gasteiger partial charge in [0.25, 0.3) is 0 Å². The standard InChI is InChI=1S/C5H11S/c1-5(2,3)4-6/h6H,1,4H2,2-3H3. The molecule has 0 bridgehead atoms. The van der Waals surface area contributed by atoms with Crippen molar-refractivity contribution in [3.05, 3.63) is 6.92 Å². The Bertz CT molecular complexity index is 33.7. The quantitative estimate of drug-likeness (QED) is 0.480. The molecule has 0 spiro atoms. The maximum atomic E-state index is 4.04. The van der Waals surface area contributed by atoms with Crippen LogP contribution in [0.2, 0.25) is 0 Å². The largest absolute Gasteiger partial charge is 0.179 e. The molecule has 1 radical (unpaired) electrons. The number of hydrogen-bond acceptors (Lipinski definition) is 1. The molecule has 0 aliphatic carbocycles. The van der Waals surface area contributed by atoms with Crippen molar-refractivity contribution >= 4 is 12.6 Å². The van der Waals surface area contributed by atoms with Crippen molar-refractivity contribution in [2.45, 2.75) is 13.8 Å². The lowest BCUT2D eigenvalue weighted by molar-refractivity contribution is 0.553. The van der Waals surface area contributed by atoms with Crippen molar-refractivity contribution in [1.29, 1.82) is 0 Å². The first-order valence-electron chi connectivity index (χ1n) is 2.02. The van der Waals surface area contributed by atoms with Crippen molar-refractivity contribution in [3.8, 4) is 0 Å². The SMILES string of the molecule is [CH2]C(C)(C)CS. The summed E-state index contributed by atoms with van der Waals surface area (Å²) < 4.78 is 0. The zero-order chi connectivity index (χ0) is 5.21. The van der Waals surface area contributed by atoms with Crippen molar-refractivity contribution in [2.75, 3.05) is 5.75 Å². The van der Waals surface area contributed by atoms with E-state index >= 15 is 0 Å². The number of thiol groups is 1. The highest BCUT2D eigenvalue weighted by molar-refractivity contribution is 7.80. The molecule has 6 heavy (non-hydrogen) atoms. The van der Waals surface area contributed by atoms with E-state index in [4.69, 9.17) is 0 Å². The van der Waals surface area contributed by atoms with E-state index in [1.54, 1.807) is 0 Å². The predicted molar refractivity (Wildman–Crippen MR) is 33.0 cm³/mol. The topological polar surface area (TPSA) is 0 Å². The van der Waals surface area contributed by atoms with Gasteiger partial charge in [-0.25, -0.2) is 0 Å². The first-order chi connectivity index (χ1) is 2.56. The maximum absolute atomic E-state index is 4.04. The highest BCUT2D eigenvalue weighted by Gasteiger charge is 2.04. The predicted octanol–water partition coefficient (Wildman–Crippen LogP) is 1.78. The third-order valence-corrected chi connectivity index (χ3v) is 1.28. The second kappa shape index (κ2) is 1.87. The lowest BCUT2D eigenvalue weighted by atomic mass is 10.0. The Balaban J connectivity index is 3.17. The molecule has 0 atom stereocenters. The average Bonchev–Trinajstić information content (AvgIpc) is 1.35. The summed E-state index contributed by atoms with van der Waals surface area (Å²) in [5.41, 5.74) is 0.156. The summed E-state index contributed by atoms with van der Waals surface area (Å²) in [6, 6.07) is 0. The second-order valence-electron chi connectivity index (χ2n) is 2.32. The van der Waals surface area contributed by atoms with Gasteiger partial charge in [-0.05, 0) is 18.1 Å². The smallest absolute Gasteiger partial charge is 0.00464 e. The molecule has 0 aromatic heterocycles. The molecule has 0 nitrogen and oxygen atoms in total. The van der Waals surface area contributed by atoms with Gasteiger partial charge in [-0.3, -0.25) is 0 Å². The molecule has 0 fully saturated rings. The summed E-state index contributed by atoms with van der Waals surface area (Å²) in [6.45, 7) is 7.92. The van der Waals surface area contributed by atoms with Crippen LogP contribution in [0.15, 0.2) is 0 Å². The molecular formula is C5H11S. The third-order valence-electron chi connectivity index (χ3n) is 0.428. The zero-order valence-electron chi connectivity index (χ0n) is 4.36. The number of rotatable bonds is 1. The zero-order valence-corrected chi connectivity index (χ0v) is 5.26. The lowest BCUT2D eigenvalue weighted by Crippen LogP contribution is -2.05. The Morgan fingerprint density at radius 1 is 1.67 bits per heavy atom. The van der Waals surface area contributed by atoms with Crippen LogP contribution in [0.3, 0.4) is 0 Å². The molecule has 0 aromatic carbocycles. The molecular weight excluding hydrogens is 92.1 g/mol. The van der Waals surface area contributed by atoms with E-state index in [-0.39, 0.29) is 5.41 Å². The monoisotopic (exact) mass is 103 g/mol. The first kappa shape index (κ1) is 6.35. The van der Waals surface area contributed by atoms with Crippen molar-refractivity contribution in [2.24, 2.45) is 5.41 Å². The average molecular weight is 103 g/mol. The fraction of sp³-hybridized carbons (Fsp3) is 0.800. The summed E-state index contributed by atoms with van der Waals surface area (Å²) in [5, 5.41) is 0. The Hall–Kier alpha value is 0.350. The van der Waals surface area contributed by atoms with Crippen LogP contribution in [0.5, 0.6) is 0 Å². The van der Waals surface area contributed by atoms with E-state index in [0.29, 0.717) is 0 Å². The summed E-state index contributed by atoms with van der Waals surface area (Å²) in [4.78, 5) is 0. The summed E-state index contributed by atoms with van der Waals surface area (Å²) >= 11 is 4.04. The highest BCUT2D eigenvalue weighted by atomic mass is 32.1. The number of hydrogen-bond donors (Lipinski definition) is 1. The van der Waals surface area contributed by atoms with Crippen molar-refractivity contribution in [1.82, 2.24) is 0 Å². The maximum Gasteiger partial charge on any atom is -0.00464 e. The lowest BCUT2D eigenvalue weighted by Gasteiger charge is -2.11. The van der Waals surface area contributed by atoms with Gasteiger partial charge < -0.3 is 0 Å². The molecule has 0 saturated carbocycles. The van der Waals surface area contributed by atoms with E-state index < -0.39 is 0 Å². The third kappa shape index (κ3) is 4.35. The normalized spacial score (nSPS) is 12.0. The van der Waals surface area contributed by atoms with Gasteiger partial charge in [-0.2, -0.15) is 12.6 Å². The minimum atomic E-state index is 0.156. The van der Waals surface area contributed by atoms with Crippen LogP contribution < -0.4 is 0 Å². The van der Waals surface area contributed by atoms with E-state index in [1.165, 1.54) is 0 Å². The van der Waals surface area contributed by atoms with E-state index in [2.05, 4.69) is 33.4 Å².